The first-order chi connectivity index (χ1) is 6.83. The highest BCUT2D eigenvalue weighted by atomic mass is 32.1. The van der Waals surface area contributed by atoms with Crippen LogP contribution in [0.15, 0.2) is 18.2 Å². The second kappa shape index (κ2) is 3.94. The van der Waals surface area contributed by atoms with Gasteiger partial charge in [0, 0.05) is 6.54 Å². The summed E-state index contributed by atoms with van der Waals surface area (Å²) in [6, 6.07) is 5.99. The predicted octanol–water partition coefficient (Wildman–Crippen LogP) is 1.94. The lowest BCUT2D eigenvalue weighted by Crippen LogP contribution is -2.10. The molecule has 4 heteroatoms. The van der Waals surface area contributed by atoms with Crippen molar-refractivity contribution in [3.05, 3.63) is 23.9 Å². The Morgan fingerprint density at radius 2 is 2.36 bits per heavy atom. The molecule has 0 radical (unpaired) electrons. The Balaban J connectivity index is 2.46. The first kappa shape index (κ1) is 9.43. The normalized spacial score (nSPS) is 10.7. The number of hydrogen-bond donors (Lipinski definition) is 1. The molecule has 2 N–H and O–H groups in total. The molecule has 0 aliphatic rings. The number of fused-ring (bicyclic) bond motifs is 1. The average Bonchev–Trinajstić information content (AvgIpc) is 2.58. The Bertz CT molecular complexity index is 439. The summed E-state index contributed by atoms with van der Waals surface area (Å²) in [7, 11) is 0. The zero-order valence-electron chi connectivity index (χ0n) is 7.99. The van der Waals surface area contributed by atoms with Crippen molar-refractivity contribution in [1.82, 2.24) is 4.37 Å². The van der Waals surface area contributed by atoms with E-state index in [1.165, 1.54) is 11.5 Å². The van der Waals surface area contributed by atoms with Crippen LogP contribution in [0.25, 0.3) is 10.1 Å². The fourth-order valence-corrected chi connectivity index (χ4v) is 2.20. The van der Waals surface area contributed by atoms with E-state index in [4.69, 9.17) is 10.5 Å². The van der Waals surface area contributed by atoms with Crippen LogP contribution < -0.4 is 10.5 Å². The summed E-state index contributed by atoms with van der Waals surface area (Å²) in [6.45, 7) is 3.08. The van der Waals surface area contributed by atoms with Crippen molar-refractivity contribution in [2.45, 2.75) is 6.92 Å². The van der Waals surface area contributed by atoms with Gasteiger partial charge < -0.3 is 10.5 Å². The molecule has 14 heavy (non-hydrogen) atoms. The third-order valence-electron chi connectivity index (χ3n) is 2.01. The highest BCUT2D eigenvalue weighted by Gasteiger charge is 2.07. The van der Waals surface area contributed by atoms with E-state index in [2.05, 4.69) is 10.4 Å². The van der Waals surface area contributed by atoms with Crippen molar-refractivity contribution in [3.63, 3.8) is 0 Å². The zero-order chi connectivity index (χ0) is 9.97. The minimum Gasteiger partial charge on any atom is -0.492 e. The average molecular weight is 208 g/mol. The van der Waals surface area contributed by atoms with Crippen LogP contribution in [0.4, 0.5) is 0 Å². The van der Waals surface area contributed by atoms with Gasteiger partial charge in [-0.3, -0.25) is 0 Å². The van der Waals surface area contributed by atoms with Crippen molar-refractivity contribution in [1.29, 1.82) is 0 Å². The molecular formula is C10H12N2OS. The van der Waals surface area contributed by atoms with Crippen LogP contribution in [-0.4, -0.2) is 17.5 Å². The fourth-order valence-electron chi connectivity index (χ4n) is 1.40. The Hall–Kier alpha value is -1.13. The molecule has 2 aromatic rings. The second-order valence-electron chi connectivity index (χ2n) is 3.03. The minimum absolute atomic E-state index is 0.535. The summed E-state index contributed by atoms with van der Waals surface area (Å²) in [5, 5.41) is 1.12. The van der Waals surface area contributed by atoms with Gasteiger partial charge in [-0.05, 0) is 30.6 Å². The summed E-state index contributed by atoms with van der Waals surface area (Å²) in [5.74, 6) is 0.888. The van der Waals surface area contributed by atoms with Crippen LogP contribution in [0.5, 0.6) is 5.75 Å². The molecule has 3 nitrogen and oxygen atoms in total. The third kappa shape index (κ3) is 1.58. The molecule has 1 aromatic carbocycles. The number of aryl methyl sites for hydroxylation is 1. The van der Waals surface area contributed by atoms with Gasteiger partial charge in [0.2, 0.25) is 0 Å². The molecule has 0 unspecified atom stereocenters. The molecule has 0 bridgehead atoms. The van der Waals surface area contributed by atoms with Crippen LogP contribution in [-0.2, 0) is 0 Å². The molecule has 0 aliphatic carbocycles. The summed E-state index contributed by atoms with van der Waals surface area (Å²) >= 11 is 1.50. The smallest absolute Gasteiger partial charge is 0.129 e. The van der Waals surface area contributed by atoms with Crippen LogP contribution in [0.3, 0.4) is 0 Å². The van der Waals surface area contributed by atoms with Gasteiger partial charge in [-0.15, -0.1) is 0 Å². The monoisotopic (exact) mass is 208 g/mol. The second-order valence-corrected chi connectivity index (χ2v) is 3.84. The number of ether oxygens (including phenoxy) is 1. The van der Waals surface area contributed by atoms with E-state index in [1.807, 2.05) is 19.1 Å². The molecule has 0 saturated carbocycles. The zero-order valence-corrected chi connectivity index (χ0v) is 8.80. The predicted molar refractivity (Wildman–Crippen MR) is 58.9 cm³/mol. The summed E-state index contributed by atoms with van der Waals surface area (Å²) in [6.07, 6.45) is 0. The molecular weight excluding hydrogens is 196 g/mol. The number of benzene rings is 1. The largest absolute Gasteiger partial charge is 0.492 e. The SMILES string of the molecule is Cc1nsc2cccc(OCCN)c12. The first-order valence-corrected chi connectivity index (χ1v) is 5.28. The number of nitrogens with two attached hydrogens (primary N) is 1. The Morgan fingerprint density at radius 3 is 3.14 bits per heavy atom. The standard InChI is InChI=1S/C10H12N2OS/c1-7-10-8(13-6-5-11)3-2-4-9(10)14-12-7/h2-4H,5-6,11H2,1H3. The van der Waals surface area contributed by atoms with Crippen LogP contribution >= 0.6 is 11.5 Å². The van der Waals surface area contributed by atoms with Crippen molar-refractivity contribution in [3.8, 4) is 5.75 Å². The van der Waals surface area contributed by atoms with Gasteiger partial charge in [-0.2, -0.15) is 4.37 Å². The lowest BCUT2D eigenvalue weighted by Gasteiger charge is -2.05. The number of rotatable bonds is 3. The summed E-state index contributed by atoms with van der Waals surface area (Å²) < 4.78 is 11.0. The van der Waals surface area contributed by atoms with Crippen molar-refractivity contribution in [2.75, 3.05) is 13.2 Å². The van der Waals surface area contributed by atoms with Gasteiger partial charge in [-0.1, -0.05) is 6.07 Å². The molecule has 1 heterocycles. The molecule has 2 rings (SSSR count). The quantitative estimate of drug-likeness (QED) is 0.838. The van der Waals surface area contributed by atoms with Crippen molar-refractivity contribution in [2.24, 2.45) is 5.73 Å². The lowest BCUT2D eigenvalue weighted by molar-refractivity contribution is 0.332. The molecule has 0 spiro atoms. The van der Waals surface area contributed by atoms with E-state index in [0.29, 0.717) is 13.2 Å². The molecule has 0 fully saturated rings. The van der Waals surface area contributed by atoms with Crippen LogP contribution in [0, 0.1) is 6.92 Å². The molecule has 0 atom stereocenters. The van der Waals surface area contributed by atoms with Gasteiger partial charge in [0.15, 0.2) is 0 Å². The number of nitrogens with zero attached hydrogens (tertiary/aromatic N) is 1. The van der Waals surface area contributed by atoms with Gasteiger partial charge in [0.05, 0.1) is 15.8 Å². The van der Waals surface area contributed by atoms with E-state index in [9.17, 15) is 0 Å². The Morgan fingerprint density at radius 1 is 1.50 bits per heavy atom. The van der Waals surface area contributed by atoms with E-state index in [-0.39, 0.29) is 0 Å². The number of aromatic nitrogens is 1. The lowest BCUT2D eigenvalue weighted by atomic mass is 10.2. The Kier molecular flexibility index (Phi) is 2.65. The third-order valence-corrected chi connectivity index (χ3v) is 2.91. The fraction of sp³-hybridized carbons (Fsp3) is 0.300. The maximum atomic E-state index is 5.55. The minimum atomic E-state index is 0.535. The molecule has 0 amide bonds. The van der Waals surface area contributed by atoms with Gasteiger partial charge >= 0.3 is 0 Å². The molecule has 74 valence electrons. The van der Waals surface area contributed by atoms with Gasteiger partial charge in [-0.25, -0.2) is 0 Å². The maximum Gasteiger partial charge on any atom is 0.129 e. The first-order valence-electron chi connectivity index (χ1n) is 4.51. The van der Waals surface area contributed by atoms with Crippen LogP contribution in [0.2, 0.25) is 0 Å². The summed E-state index contributed by atoms with van der Waals surface area (Å²) in [4.78, 5) is 0. The highest BCUT2D eigenvalue weighted by Crippen LogP contribution is 2.30. The maximum absolute atomic E-state index is 5.55. The van der Waals surface area contributed by atoms with E-state index < -0.39 is 0 Å². The van der Waals surface area contributed by atoms with E-state index in [0.717, 1.165) is 21.5 Å². The van der Waals surface area contributed by atoms with E-state index >= 15 is 0 Å². The van der Waals surface area contributed by atoms with E-state index in [1.54, 1.807) is 0 Å². The van der Waals surface area contributed by atoms with Crippen LogP contribution in [0.1, 0.15) is 5.69 Å². The Labute approximate surface area is 86.7 Å². The highest BCUT2D eigenvalue weighted by molar-refractivity contribution is 7.13. The number of hydrogen-bond acceptors (Lipinski definition) is 4. The van der Waals surface area contributed by atoms with Crippen molar-refractivity contribution < 1.29 is 4.74 Å². The summed E-state index contributed by atoms with van der Waals surface area (Å²) in [5.41, 5.74) is 6.42. The topological polar surface area (TPSA) is 48.1 Å². The molecule has 0 saturated heterocycles. The van der Waals surface area contributed by atoms with Gasteiger partial charge in [0.1, 0.15) is 12.4 Å². The molecule has 0 aliphatic heterocycles. The van der Waals surface area contributed by atoms with Gasteiger partial charge in [0.25, 0.3) is 0 Å². The molecule has 1 aromatic heterocycles. The van der Waals surface area contributed by atoms with Crippen molar-refractivity contribution >= 4 is 21.6 Å².